The van der Waals surface area contributed by atoms with Gasteiger partial charge in [-0.05, 0) is 89.9 Å². The highest BCUT2D eigenvalue weighted by Gasteiger charge is 2.27. The molecule has 1 N–H and O–H groups in total. The van der Waals surface area contributed by atoms with Crippen LogP contribution >= 0.6 is 7.82 Å². The Kier molecular flexibility index (Phi) is 38.4. The Labute approximate surface area is 365 Å². The molecule has 60 heavy (non-hydrogen) atoms. The van der Waals surface area contributed by atoms with Gasteiger partial charge in [0, 0.05) is 12.8 Å². The highest BCUT2D eigenvalue weighted by Crippen LogP contribution is 2.43. The molecule has 2 atom stereocenters. The predicted molar refractivity (Wildman–Crippen MR) is 251 cm³/mol. The Morgan fingerprint density at radius 2 is 0.983 bits per heavy atom. The number of carbonyl (C=O) groups excluding carboxylic acids is 2. The second-order valence-electron chi connectivity index (χ2n) is 15.3. The zero-order chi connectivity index (χ0) is 44.3. The summed E-state index contributed by atoms with van der Waals surface area (Å²) in [6.07, 6.45) is 56.9. The van der Waals surface area contributed by atoms with Crippen LogP contribution in [0.4, 0.5) is 0 Å². The van der Waals surface area contributed by atoms with Crippen molar-refractivity contribution in [3.8, 4) is 0 Å². The smallest absolute Gasteiger partial charge is 0.462 e. The van der Waals surface area contributed by atoms with Gasteiger partial charge in [0.15, 0.2) is 6.10 Å². The number of rotatable bonds is 38. The van der Waals surface area contributed by atoms with Crippen molar-refractivity contribution in [3.05, 3.63) is 122 Å². The molecule has 0 fully saturated rings. The number of phosphoric ester groups is 1. The molecular formula is C50H81NO8P+. The predicted octanol–water partition coefficient (Wildman–Crippen LogP) is 12.9. The third-order valence-electron chi connectivity index (χ3n) is 8.47. The van der Waals surface area contributed by atoms with Crippen LogP contribution in [0.2, 0.25) is 0 Å². The van der Waals surface area contributed by atoms with Gasteiger partial charge in [0.2, 0.25) is 0 Å². The summed E-state index contributed by atoms with van der Waals surface area (Å²) in [7, 11) is 1.39. The zero-order valence-electron chi connectivity index (χ0n) is 37.9. The molecule has 0 heterocycles. The molecule has 9 nitrogen and oxygen atoms in total. The van der Waals surface area contributed by atoms with E-state index in [-0.39, 0.29) is 26.1 Å². The molecule has 1 unspecified atom stereocenters. The molecule has 0 bridgehead atoms. The summed E-state index contributed by atoms with van der Waals surface area (Å²) in [6, 6.07) is 0. The van der Waals surface area contributed by atoms with Gasteiger partial charge in [-0.1, -0.05) is 148 Å². The number of unbranched alkanes of at least 4 members (excludes halogenated alkanes) is 4. The molecule has 0 aromatic rings. The summed E-state index contributed by atoms with van der Waals surface area (Å²) in [5.41, 5.74) is 0. The molecule has 0 spiro atoms. The highest BCUT2D eigenvalue weighted by atomic mass is 31.2. The number of hydrogen-bond donors (Lipinski definition) is 1. The molecule has 0 aromatic heterocycles. The fraction of sp³-hybridized carbons (Fsp3) is 0.560. The first-order chi connectivity index (χ1) is 29.0. The van der Waals surface area contributed by atoms with Crippen LogP contribution in [-0.4, -0.2) is 74.9 Å². The summed E-state index contributed by atoms with van der Waals surface area (Å²) in [5, 5.41) is 0. The van der Waals surface area contributed by atoms with Gasteiger partial charge < -0.3 is 18.9 Å². The Morgan fingerprint density at radius 3 is 1.45 bits per heavy atom. The molecule has 0 aliphatic rings. The molecule has 0 saturated carbocycles. The summed E-state index contributed by atoms with van der Waals surface area (Å²) in [5.74, 6) is -0.948. The minimum atomic E-state index is -4.41. The average molecular weight is 855 g/mol. The molecule has 0 aliphatic carbocycles. The van der Waals surface area contributed by atoms with E-state index in [1.165, 1.54) is 6.42 Å². The second-order valence-corrected chi connectivity index (χ2v) is 16.8. The van der Waals surface area contributed by atoms with Crippen molar-refractivity contribution < 1.29 is 42.1 Å². The molecule has 0 rings (SSSR count). The fourth-order valence-corrected chi connectivity index (χ4v) is 5.77. The van der Waals surface area contributed by atoms with Crippen molar-refractivity contribution >= 4 is 19.8 Å². The molecule has 10 heteroatoms. The van der Waals surface area contributed by atoms with E-state index in [0.717, 1.165) is 83.5 Å². The van der Waals surface area contributed by atoms with Gasteiger partial charge in [-0.25, -0.2) is 4.57 Å². The minimum absolute atomic E-state index is 0.00623. The SMILES string of the molecule is CC/C=C/C/C=C/C/C=C/C/C=C/C/C=C/C/C=C/CCC(=O)OC[C@H](COP(=O)(O)OCC[N+](C)(C)C)OC(=O)CCCCC/C=C/C/C=C/C/C=C/C/C=C/CCC. The number of carbonyl (C=O) groups is 2. The fourth-order valence-electron chi connectivity index (χ4n) is 5.03. The van der Waals surface area contributed by atoms with E-state index in [1.54, 1.807) is 0 Å². The highest BCUT2D eigenvalue weighted by molar-refractivity contribution is 7.47. The Balaban J connectivity index is 4.57. The van der Waals surface area contributed by atoms with Crippen molar-refractivity contribution in [1.82, 2.24) is 0 Å². The third kappa shape index (κ3) is 44.0. The normalized spacial score (nSPS) is 14.7. The number of likely N-dealkylation sites (N-methyl/N-ethyl adjacent to an activating group) is 1. The van der Waals surface area contributed by atoms with E-state index < -0.39 is 32.5 Å². The quantitative estimate of drug-likeness (QED) is 0.0215. The summed E-state index contributed by atoms with van der Waals surface area (Å²) in [4.78, 5) is 35.4. The monoisotopic (exact) mass is 855 g/mol. The average Bonchev–Trinajstić information content (AvgIpc) is 3.20. The molecule has 0 aromatic carbocycles. The van der Waals surface area contributed by atoms with Crippen LogP contribution in [0.1, 0.15) is 129 Å². The Morgan fingerprint density at radius 1 is 0.533 bits per heavy atom. The van der Waals surface area contributed by atoms with Gasteiger partial charge in [-0.3, -0.25) is 18.6 Å². The number of hydrogen-bond acceptors (Lipinski definition) is 7. The van der Waals surface area contributed by atoms with Gasteiger partial charge in [0.25, 0.3) is 0 Å². The van der Waals surface area contributed by atoms with E-state index in [4.69, 9.17) is 18.5 Å². The van der Waals surface area contributed by atoms with Crippen LogP contribution in [0.25, 0.3) is 0 Å². The van der Waals surface area contributed by atoms with Crippen molar-refractivity contribution in [3.63, 3.8) is 0 Å². The summed E-state index contributed by atoms with van der Waals surface area (Å²) >= 11 is 0. The van der Waals surface area contributed by atoms with Gasteiger partial charge >= 0.3 is 19.8 Å². The molecule has 0 aliphatic heterocycles. The molecule has 0 amide bonds. The lowest BCUT2D eigenvalue weighted by atomic mass is 10.1. The largest absolute Gasteiger partial charge is 0.472 e. The number of phosphoric acid groups is 1. The lowest BCUT2D eigenvalue weighted by molar-refractivity contribution is -0.870. The lowest BCUT2D eigenvalue weighted by Crippen LogP contribution is -2.37. The molecule has 0 radical (unpaired) electrons. The summed E-state index contributed by atoms with van der Waals surface area (Å²) < 4.78 is 34.2. The van der Waals surface area contributed by atoms with Crippen molar-refractivity contribution in [1.29, 1.82) is 0 Å². The molecule has 338 valence electrons. The second kappa shape index (κ2) is 40.8. The van der Waals surface area contributed by atoms with E-state index in [1.807, 2.05) is 33.3 Å². The first kappa shape index (κ1) is 56.4. The lowest BCUT2D eigenvalue weighted by Gasteiger charge is -2.24. The maximum Gasteiger partial charge on any atom is 0.472 e. The Bertz CT molecular complexity index is 1430. The number of allylic oxidation sites excluding steroid dienone is 20. The third-order valence-corrected chi connectivity index (χ3v) is 9.45. The van der Waals surface area contributed by atoms with Crippen LogP contribution in [-0.2, 0) is 32.7 Å². The van der Waals surface area contributed by atoms with Crippen LogP contribution in [0, 0.1) is 0 Å². The Hall–Kier alpha value is -3.59. The number of nitrogens with zero attached hydrogens (tertiary/aromatic N) is 1. The van der Waals surface area contributed by atoms with Crippen LogP contribution < -0.4 is 0 Å². The number of esters is 2. The topological polar surface area (TPSA) is 108 Å². The van der Waals surface area contributed by atoms with Gasteiger partial charge in [-0.2, -0.15) is 0 Å². The minimum Gasteiger partial charge on any atom is -0.462 e. The zero-order valence-corrected chi connectivity index (χ0v) is 38.8. The maximum absolute atomic E-state index is 12.7. The van der Waals surface area contributed by atoms with Crippen molar-refractivity contribution in [2.24, 2.45) is 0 Å². The van der Waals surface area contributed by atoms with Crippen molar-refractivity contribution in [2.45, 2.75) is 136 Å². The molecular weight excluding hydrogens is 774 g/mol. The maximum atomic E-state index is 12.7. The van der Waals surface area contributed by atoms with Gasteiger partial charge in [-0.15, -0.1) is 0 Å². The van der Waals surface area contributed by atoms with E-state index in [0.29, 0.717) is 23.9 Å². The first-order valence-corrected chi connectivity index (χ1v) is 23.8. The van der Waals surface area contributed by atoms with Gasteiger partial charge in [0.05, 0.1) is 27.7 Å². The van der Waals surface area contributed by atoms with E-state index in [9.17, 15) is 19.0 Å². The molecule has 0 saturated heterocycles. The standard InChI is InChI=1S/C50H80NO8P/c1-6-8-10-12-14-16-18-20-22-24-25-27-28-30-32-34-36-38-40-42-49(52)56-46-48(47-58-60(54,55)57-45-44-51(3,4)5)59-50(53)43-41-39-37-35-33-31-29-26-23-21-19-17-15-13-11-9-7-2/h8,10-11,13-14,16-17,19-20,22-23,25-27,30-33,36,38,48H,6-7,9,12,15,18,21,24,28-29,34-35,37,39-47H2,1-5H3/p+1/b10-8+,13-11+,16-14+,19-17+,22-20+,26-23+,27-25+,32-30+,33-31+,38-36+/t48-/m1/s1. The van der Waals surface area contributed by atoms with Crippen LogP contribution in [0.15, 0.2) is 122 Å². The number of ether oxygens (including phenoxy) is 2. The summed E-state index contributed by atoms with van der Waals surface area (Å²) in [6.45, 7) is 4.08. The van der Waals surface area contributed by atoms with Crippen LogP contribution in [0.5, 0.6) is 0 Å². The number of quaternary nitrogens is 1. The van der Waals surface area contributed by atoms with E-state index >= 15 is 0 Å². The first-order valence-electron chi connectivity index (χ1n) is 22.3. The van der Waals surface area contributed by atoms with Crippen molar-refractivity contribution in [2.75, 3.05) is 47.5 Å². The van der Waals surface area contributed by atoms with Crippen LogP contribution in [0.3, 0.4) is 0 Å². The van der Waals surface area contributed by atoms with Gasteiger partial charge in [0.1, 0.15) is 19.8 Å². The van der Waals surface area contributed by atoms with E-state index in [2.05, 4.69) is 123 Å².